The van der Waals surface area contributed by atoms with Gasteiger partial charge in [0.15, 0.2) is 0 Å². The molecule has 0 aliphatic carbocycles. The van der Waals surface area contributed by atoms with Crippen LogP contribution in [0, 0.1) is 0 Å². The first-order chi connectivity index (χ1) is 15.1. The van der Waals surface area contributed by atoms with Gasteiger partial charge >= 0.3 is 6.03 Å². The predicted molar refractivity (Wildman–Crippen MR) is 123 cm³/mol. The topological polar surface area (TPSA) is 73.9 Å². The molecule has 1 aromatic rings. The molecule has 170 valence electrons. The largest absolute Gasteiger partial charge is 0.494 e. The molecule has 3 amide bonds. The number of amides is 3. The number of fused-ring (bicyclic) bond motifs is 1. The van der Waals surface area contributed by atoms with Crippen molar-refractivity contribution in [2.75, 3.05) is 38.5 Å². The van der Waals surface area contributed by atoms with E-state index in [2.05, 4.69) is 27.7 Å². The third-order valence-electron chi connectivity index (χ3n) is 6.43. The van der Waals surface area contributed by atoms with E-state index in [4.69, 9.17) is 4.74 Å². The van der Waals surface area contributed by atoms with Gasteiger partial charge in [0.05, 0.1) is 18.7 Å². The van der Waals surface area contributed by atoms with Crippen molar-refractivity contribution in [3.05, 3.63) is 29.8 Å². The van der Waals surface area contributed by atoms with Crippen LogP contribution in [-0.2, 0) is 11.3 Å². The average molecular weight is 447 g/mol. The summed E-state index contributed by atoms with van der Waals surface area (Å²) in [6.45, 7) is 7.07. The van der Waals surface area contributed by atoms with Gasteiger partial charge in [0, 0.05) is 50.1 Å². The number of thioether (sulfide) groups is 1. The molecule has 0 radical (unpaired) electrons. The predicted octanol–water partition coefficient (Wildman–Crippen LogP) is 2.46. The summed E-state index contributed by atoms with van der Waals surface area (Å²) in [7, 11) is 0. The van der Waals surface area contributed by atoms with E-state index in [1.807, 2.05) is 35.7 Å². The summed E-state index contributed by atoms with van der Waals surface area (Å²) in [5.41, 5.74) is 1.28. The van der Waals surface area contributed by atoms with Crippen molar-refractivity contribution in [3.8, 4) is 5.75 Å². The van der Waals surface area contributed by atoms with E-state index >= 15 is 0 Å². The van der Waals surface area contributed by atoms with Gasteiger partial charge in [-0.2, -0.15) is 11.8 Å². The van der Waals surface area contributed by atoms with Gasteiger partial charge in [-0.05, 0) is 37.5 Å². The molecular formula is C23H34N4O3S. The van der Waals surface area contributed by atoms with Crippen molar-refractivity contribution < 1.29 is 14.3 Å². The molecule has 1 aromatic carbocycles. The van der Waals surface area contributed by atoms with Crippen LogP contribution in [0.5, 0.6) is 5.75 Å². The van der Waals surface area contributed by atoms with Crippen LogP contribution in [0.4, 0.5) is 4.79 Å². The second kappa shape index (κ2) is 10.6. The molecule has 4 rings (SSSR count). The van der Waals surface area contributed by atoms with E-state index in [0.717, 1.165) is 63.5 Å². The Kier molecular flexibility index (Phi) is 7.61. The number of hydrogen-bond donors (Lipinski definition) is 2. The molecule has 0 spiro atoms. The maximum atomic E-state index is 12.6. The lowest BCUT2D eigenvalue weighted by atomic mass is 10.0. The molecule has 0 unspecified atom stereocenters. The summed E-state index contributed by atoms with van der Waals surface area (Å²) < 4.78 is 5.50. The molecule has 8 heteroatoms. The van der Waals surface area contributed by atoms with Crippen molar-refractivity contribution >= 4 is 23.7 Å². The van der Waals surface area contributed by atoms with Crippen LogP contribution in [0.1, 0.15) is 38.2 Å². The van der Waals surface area contributed by atoms with Gasteiger partial charge in [0.25, 0.3) is 0 Å². The van der Waals surface area contributed by atoms with Gasteiger partial charge in [-0.25, -0.2) is 4.79 Å². The summed E-state index contributed by atoms with van der Waals surface area (Å²) in [6.07, 6.45) is 3.67. The number of urea groups is 1. The van der Waals surface area contributed by atoms with E-state index in [9.17, 15) is 9.59 Å². The number of piperazine rings is 1. The van der Waals surface area contributed by atoms with Crippen molar-refractivity contribution in [1.29, 1.82) is 0 Å². The molecule has 7 nitrogen and oxygen atoms in total. The minimum Gasteiger partial charge on any atom is -0.494 e. The number of carbonyl (C=O) groups excluding carboxylic acids is 2. The zero-order valence-corrected chi connectivity index (χ0v) is 19.2. The van der Waals surface area contributed by atoms with E-state index in [0.29, 0.717) is 18.3 Å². The first kappa shape index (κ1) is 22.3. The van der Waals surface area contributed by atoms with E-state index in [1.54, 1.807) is 0 Å². The summed E-state index contributed by atoms with van der Waals surface area (Å²) >= 11 is 1.94. The minimum atomic E-state index is -0.0304. The maximum absolute atomic E-state index is 12.6. The van der Waals surface area contributed by atoms with Crippen LogP contribution < -0.4 is 15.4 Å². The van der Waals surface area contributed by atoms with Crippen LogP contribution in [0.15, 0.2) is 24.3 Å². The number of rotatable bonds is 9. The Morgan fingerprint density at radius 3 is 2.65 bits per heavy atom. The van der Waals surface area contributed by atoms with Crippen LogP contribution >= 0.6 is 11.8 Å². The molecule has 3 heterocycles. The number of nitrogens with one attached hydrogen (secondary N) is 2. The molecule has 2 N–H and O–H groups in total. The van der Waals surface area contributed by atoms with E-state index in [-0.39, 0.29) is 24.0 Å². The Morgan fingerprint density at radius 1 is 1.13 bits per heavy atom. The van der Waals surface area contributed by atoms with Gasteiger partial charge in [-0.1, -0.05) is 18.6 Å². The quantitative estimate of drug-likeness (QED) is 0.450. The van der Waals surface area contributed by atoms with Crippen LogP contribution in [0.3, 0.4) is 0 Å². The molecule has 3 saturated heterocycles. The highest BCUT2D eigenvalue weighted by Crippen LogP contribution is 2.33. The molecule has 3 aliphatic rings. The molecule has 3 aliphatic heterocycles. The van der Waals surface area contributed by atoms with Gasteiger partial charge in [-0.15, -0.1) is 0 Å². The van der Waals surface area contributed by atoms with Crippen molar-refractivity contribution in [2.45, 2.75) is 56.5 Å². The van der Waals surface area contributed by atoms with E-state index in [1.165, 1.54) is 5.56 Å². The minimum absolute atomic E-state index is 0.0304. The third kappa shape index (κ3) is 5.86. The number of benzene rings is 1. The van der Waals surface area contributed by atoms with Crippen molar-refractivity contribution in [2.24, 2.45) is 0 Å². The van der Waals surface area contributed by atoms with Crippen molar-refractivity contribution in [1.82, 2.24) is 20.4 Å². The molecule has 0 aromatic heterocycles. The summed E-state index contributed by atoms with van der Waals surface area (Å²) in [5.74, 6) is 2.19. The first-order valence-electron chi connectivity index (χ1n) is 11.5. The fraction of sp³-hybridized carbons (Fsp3) is 0.652. The fourth-order valence-electron chi connectivity index (χ4n) is 4.69. The molecule has 3 atom stereocenters. The standard InChI is InChI=1S/C23H34N4O3S/c1-2-30-18-9-7-17(8-10-18)15-26-11-13-27(14-12-26)21(28)6-4-3-5-20-22-19(16-31-20)24-23(29)25-22/h7-10,19-20,22H,2-6,11-16H2,1H3,(H2,24,25,29)/t19-,20-,22-/m0/s1. The molecule has 0 bridgehead atoms. The number of ether oxygens (including phenoxy) is 1. The fourth-order valence-corrected chi connectivity index (χ4v) is 6.24. The maximum Gasteiger partial charge on any atom is 0.315 e. The Morgan fingerprint density at radius 2 is 1.90 bits per heavy atom. The van der Waals surface area contributed by atoms with Gasteiger partial charge < -0.3 is 20.3 Å². The second-order valence-electron chi connectivity index (χ2n) is 8.60. The second-order valence-corrected chi connectivity index (χ2v) is 9.87. The summed E-state index contributed by atoms with van der Waals surface area (Å²) in [5, 5.41) is 6.50. The molecule has 31 heavy (non-hydrogen) atoms. The van der Waals surface area contributed by atoms with Gasteiger partial charge in [0.1, 0.15) is 5.75 Å². The lowest BCUT2D eigenvalue weighted by Gasteiger charge is -2.35. The van der Waals surface area contributed by atoms with Crippen LogP contribution in [0.25, 0.3) is 0 Å². The number of unbranched alkanes of at least 4 members (excludes halogenated alkanes) is 1. The van der Waals surface area contributed by atoms with Gasteiger partial charge in [0.2, 0.25) is 5.91 Å². The van der Waals surface area contributed by atoms with Crippen LogP contribution in [-0.4, -0.2) is 77.6 Å². The number of nitrogens with zero attached hydrogens (tertiary/aromatic N) is 2. The Hall–Kier alpha value is -1.93. The third-order valence-corrected chi connectivity index (χ3v) is 7.94. The van der Waals surface area contributed by atoms with Crippen LogP contribution in [0.2, 0.25) is 0 Å². The zero-order valence-electron chi connectivity index (χ0n) is 18.3. The average Bonchev–Trinajstić information content (AvgIpc) is 3.32. The highest BCUT2D eigenvalue weighted by atomic mass is 32.2. The lowest BCUT2D eigenvalue weighted by molar-refractivity contribution is -0.133. The monoisotopic (exact) mass is 446 g/mol. The summed E-state index contributed by atoms with van der Waals surface area (Å²) in [6, 6.07) is 8.82. The lowest BCUT2D eigenvalue weighted by Crippen LogP contribution is -2.48. The Labute approximate surface area is 189 Å². The van der Waals surface area contributed by atoms with E-state index < -0.39 is 0 Å². The highest BCUT2D eigenvalue weighted by Gasteiger charge is 2.42. The normalized spacial score (nSPS) is 25.8. The smallest absolute Gasteiger partial charge is 0.315 e. The SMILES string of the molecule is CCOc1ccc(CN2CCN(C(=O)CCCC[C@@H]3SC[C@@H]4NC(=O)N[C@@H]43)CC2)cc1. The first-order valence-corrected chi connectivity index (χ1v) is 12.6. The summed E-state index contributed by atoms with van der Waals surface area (Å²) in [4.78, 5) is 28.5. The Balaban J connectivity index is 1.11. The van der Waals surface area contributed by atoms with Crippen molar-refractivity contribution in [3.63, 3.8) is 0 Å². The number of carbonyl (C=O) groups is 2. The Bertz CT molecular complexity index is 752. The number of hydrogen-bond acceptors (Lipinski definition) is 5. The van der Waals surface area contributed by atoms with Gasteiger partial charge in [-0.3, -0.25) is 9.69 Å². The highest BCUT2D eigenvalue weighted by molar-refractivity contribution is 8.00. The molecule has 3 fully saturated rings. The molecular weight excluding hydrogens is 412 g/mol. The zero-order chi connectivity index (χ0) is 21.6. The molecule has 0 saturated carbocycles.